The van der Waals surface area contributed by atoms with Crippen LogP contribution in [0.2, 0.25) is 0 Å². The number of ether oxygens (including phenoxy) is 1. The van der Waals surface area contributed by atoms with Crippen molar-refractivity contribution in [3.63, 3.8) is 0 Å². The molecule has 0 atom stereocenters. The minimum Gasteiger partial charge on any atom is -0.381 e. The average molecular weight is 292 g/mol. The fourth-order valence-corrected chi connectivity index (χ4v) is 2.46. The number of nitrogens with zero attached hydrogens (tertiary/aromatic N) is 1. The first-order valence-electron chi connectivity index (χ1n) is 6.95. The van der Waals surface area contributed by atoms with Crippen LogP contribution < -0.4 is 16.6 Å². The summed E-state index contributed by atoms with van der Waals surface area (Å²) >= 11 is 0. The molecular formula is C14H20N4O3. The maximum absolute atomic E-state index is 12.2. The standard InChI is InChI=1S/C14H20N4O3/c1-21-10-7-5-9(6-8-10)16-13(19)11-3-2-4-12(17-11)14(20)18-15/h2-4,9-10H,5-8,15H2,1H3,(H,16,19)(H,18,20). The lowest BCUT2D eigenvalue weighted by Gasteiger charge is -2.28. The highest BCUT2D eigenvalue weighted by molar-refractivity contribution is 5.96. The van der Waals surface area contributed by atoms with Crippen molar-refractivity contribution in [1.82, 2.24) is 15.7 Å². The molecule has 1 aliphatic carbocycles. The van der Waals surface area contributed by atoms with Gasteiger partial charge >= 0.3 is 0 Å². The van der Waals surface area contributed by atoms with E-state index < -0.39 is 5.91 Å². The van der Waals surface area contributed by atoms with Gasteiger partial charge in [0.2, 0.25) is 0 Å². The lowest BCUT2D eigenvalue weighted by molar-refractivity contribution is 0.0598. The first kappa shape index (κ1) is 15.4. The molecule has 0 spiro atoms. The summed E-state index contributed by atoms with van der Waals surface area (Å²) in [6, 6.07) is 4.80. The number of carbonyl (C=O) groups is 2. The van der Waals surface area contributed by atoms with Gasteiger partial charge in [-0.15, -0.1) is 0 Å². The van der Waals surface area contributed by atoms with Crippen molar-refractivity contribution in [2.24, 2.45) is 5.84 Å². The molecule has 1 fully saturated rings. The van der Waals surface area contributed by atoms with Crippen LogP contribution in [0.25, 0.3) is 0 Å². The van der Waals surface area contributed by atoms with Crippen molar-refractivity contribution >= 4 is 11.8 Å². The van der Waals surface area contributed by atoms with Gasteiger partial charge in [-0.25, -0.2) is 10.8 Å². The van der Waals surface area contributed by atoms with E-state index in [1.165, 1.54) is 6.07 Å². The van der Waals surface area contributed by atoms with E-state index in [9.17, 15) is 9.59 Å². The van der Waals surface area contributed by atoms with Crippen LogP contribution in [0.3, 0.4) is 0 Å². The van der Waals surface area contributed by atoms with E-state index in [0.717, 1.165) is 25.7 Å². The van der Waals surface area contributed by atoms with Gasteiger partial charge in [0.15, 0.2) is 0 Å². The molecule has 1 aromatic heterocycles. The third-order valence-electron chi connectivity index (χ3n) is 3.69. The van der Waals surface area contributed by atoms with Crippen LogP contribution in [-0.4, -0.2) is 36.1 Å². The van der Waals surface area contributed by atoms with Crippen LogP contribution in [0.1, 0.15) is 46.7 Å². The summed E-state index contributed by atoms with van der Waals surface area (Å²) in [4.78, 5) is 27.6. The highest BCUT2D eigenvalue weighted by Gasteiger charge is 2.23. The molecule has 0 radical (unpaired) electrons. The fourth-order valence-electron chi connectivity index (χ4n) is 2.46. The van der Waals surface area contributed by atoms with Gasteiger partial charge in [-0.05, 0) is 37.8 Å². The Labute approximate surface area is 123 Å². The fraction of sp³-hybridized carbons (Fsp3) is 0.500. The number of hydrogen-bond donors (Lipinski definition) is 3. The highest BCUT2D eigenvalue weighted by atomic mass is 16.5. The highest BCUT2D eigenvalue weighted by Crippen LogP contribution is 2.20. The number of nitrogens with two attached hydrogens (primary N) is 1. The van der Waals surface area contributed by atoms with Crippen molar-refractivity contribution in [3.05, 3.63) is 29.6 Å². The Bertz CT molecular complexity index is 513. The summed E-state index contributed by atoms with van der Waals surface area (Å²) in [7, 11) is 1.71. The molecule has 2 rings (SSSR count). The van der Waals surface area contributed by atoms with Crippen molar-refractivity contribution in [2.45, 2.75) is 37.8 Å². The number of nitrogen functional groups attached to an aromatic ring is 1. The van der Waals surface area contributed by atoms with E-state index in [4.69, 9.17) is 10.6 Å². The maximum atomic E-state index is 12.2. The number of hydrogen-bond acceptors (Lipinski definition) is 5. The zero-order valence-electron chi connectivity index (χ0n) is 12.0. The molecule has 0 aromatic carbocycles. The van der Waals surface area contributed by atoms with Gasteiger partial charge in [-0.2, -0.15) is 0 Å². The molecule has 4 N–H and O–H groups in total. The van der Waals surface area contributed by atoms with Crippen molar-refractivity contribution in [1.29, 1.82) is 0 Å². The van der Waals surface area contributed by atoms with Crippen LogP contribution in [-0.2, 0) is 4.74 Å². The Morgan fingerprint density at radius 1 is 1.19 bits per heavy atom. The molecule has 1 heterocycles. The quantitative estimate of drug-likeness (QED) is 0.422. The molecule has 1 aromatic rings. The van der Waals surface area contributed by atoms with E-state index in [1.807, 2.05) is 5.43 Å². The summed E-state index contributed by atoms with van der Waals surface area (Å²) in [5.41, 5.74) is 2.32. The number of rotatable bonds is 4. The number of carbonyl (C=O) groups excluding carboxylic acids is 2. The number of pyridine rings is 1. The lowest BCUT2D eigenvalue weighted by Crippen LogP contribution is -2.39. The molecular weight excluding hydrogens is 272 g/mol. The largest absolute Gasteiger partial charge is 0.381 e. The molecule has 2 amide bonds. The van der Waals surface area contributed by atoms with E-state index in [0.29, 0.717) is 0 Å². The van der Waals surface area contributed by atoms with Crippen molar-refractivity contribution in [2.75, 3.05) is 7.11 Å². The SMILES string of the molecule is COC1CCC(NC(=O)c2cccc(C(=O)NN)n2)CC1. The predicted octanol–water partition coefficient (Wildman–Crippen LogP) is 0.373. The van der Waals surface area contributed by atoms with Gasteiger partial charge in [0.25, 0.3) is 11.8 Å². The number of methoxy groups -OCH3 is 1. The minimum absolute atomic E-state index is 0.119. The van der Waals surface area contributed by atoms with Gasteiger partial charge in [0.05, 0.1) is 6.10 Å². The van der Waals surface area contributed by atoms with Gasteiger partial charge in [0, 0.05) is 13.2 Å². The van der Waals surface area contributed by atoms with E-state index >= 15 is 0 Å². The third kappa shape index (κ3) is 3.99. The molecule has 1 aliphatic rings. The molecule has 0 unspecified atom stereocenters. The topological polar surface area (TPSA) is 106 Å². The van der Waals surface area contributed by atoms with Crippen LogP contribution in [0, 0.1) is 0 Å². The van der Waals surface area contributed by atoms with Crippen molar-refractivity contribution < 1.29 is 14.3 Å². The molecule has 21 heavy (non-hydrogen) atoms. The van der Waals surface area contributed by atoms with Gasteiger partial charge in [-0.1, -0.05) is 6.07 Å². The van der Waals surface area contributed by atoms with E-state index in [1.54, 1.807) is 19.2 Å². The Kier molecular flexibility index (Phi) is 5.24. The molecule has 7 heteroatoms. The molecule has 0 aliphatic heterocycles. The minimum atomic E-state index is -0.523. The van der Waals surface area contributed by atoms with Gasteiger partial charge < -0.3 is 10.1 Å². The van der Waals surface area contributed by atoms with E-state index in [2.05, 4.69) is 10.3 Å². The zero-order valence-corrected chi connectivity index (χ0v) is 12.0. The van der Waals surface area contributed by atoms with Gasteiger partial charge in [-0.3, -0.25) is 15.0 Å². The summed E-state index contributed by atoms with van der Waals surface area (Å²) in [5.74, 6) is 4.26. The Morgan fingerprint density at radius 2 is 1.81 bits per heavy atom. The van der Waals surface area contributed by atoms with Crippen LogP contribution >= 0.6 is 0 Å². The zero-order chi connectivity index (χ0) is 15.2. The number of amides is 2. The number of nitrogens with one attached hydrogen (secondary N) is 2. The van der Waals surface area contributed by atoms with Crippen molar-refractivity contribution in [3.8, 4) is 0 Å². The Balaban J connectivity index is 1.96. The average Bonchev–Trinajstić information content (AvgIpc) is 2.55. The summed E-state index contributed by atoms with van der Waals surface area (Å²) in [6.07, 6.45) is 3.92. The third-order valence-corrected chi connectivity index (χ3v) is 3.69. The smallest absolute Gasteiger partial charge is 0.283 e. The second-order valence-corrected chi connectivity index (χ2v) is 5.06. The first-order chi connectivity index (χ1) is 10.1. The Hall–Kier alpha value is -1.99. The summed E-state index contributed by atoms with van der Waals surface area (Å²) in [6.45, 7) is 0. The van der Waals surface area contributed by atoms with Gasteiger partial charge in [0.1, 0.15) is 11.4 Å². The summed E-state index contributed by atoms with van der Waals surface area (Å²) in [5, 5.41) is 2.94. The van der Waals surface area contributed by atoms with Crippen LogP contribution in [0.15, 0.2) is 18.2 Å². The second-order valence-electron chi connectivity index (χ2n) is 5.06. The first-order valence-corrected chi connectivity index (χ1v) is 6.95. The molecule has 7 nitrogen and oxygen atoms in total. The van der Waals surface area contributed by atoms with E-state index in [-0.39, 0.29) is 29.4 Å². The molecule has 114 valence electrons. The Morgan fingerprint density at radius 3 is 2.38 bits per heavy atom. The van der Waals surface area contributed by atoms with Crippen LogP contribution in [0.4, 0.5) is 0 Å². The molecule has 1 saturated carbocycles. The molecule has 0 bridgehead atoms. The number of hydrazine groups is 1. The molecule has 0 saturated heterocycles. The van der Waals surface area contributed by atoms with Crippen LogP contribution in [0.5, 0.6) is 0 Å². The summed E-state index contributed by atoms with van der Waals surface area (Å²) < 4.78 is 5.30. The monoisotopic (exact) mass is 292 g/mol. The lowest BCUT2D eigenvalue weighted by atomic mass is 9.93. The second kappa shape index (κ2) is 7.14. The maximum Gasteiger partial charge on any atom is 0.283 e. The predicted molar refractivity (Wildman–Crippen MR) is 76.4 cm³/mol. The number of aromatic nitrogens is 1. The normalized spacial score (nSPS) is 21.6.